The molecule has 2 bridgehead atoms. The molecular formula is C61H30O2. The Balaban J connectivity index is 1.20. The highest BCUT2D eigenvalue weighted by atomic mass is 16.5. The van der Waals surface area contributed by atoms with E-state index in [0.717, 1.165) is 25.7 Å². The third kappa shape index (κ3) is 2.13. The number of esters is 1. The van der Waals surface area contributed by atoms with Crippen LogP contribution in [-0.2, 0) is 38.6 Å². The normalized spacial score (nSPS) is 23.3. The molecule has 0 aromatic heterocycles. The van der Waals surface area contributed by atoms with Crippen LogP contribution in [0.25, 0.3) is 135 Å². The van der Waals surface area contributed by atoms with Gasteiger partial charge in [0, 0.05) is 22.7 Å². The maximum absolute atomic E-state index is 13.2. The molecule has 7 aliphatic carbocycles. The number of carbonyl (C=O) groups is 1. The lowest BCUT2D eigenvalue weighted by atomic mass is 9.68. The van der Waals surface area contributed by atoms with Crippen molar-refractivity contribution in [1.29, 1.82) is 0 Å². The quantitative estimate of drug-likeness (QED) is 0.0985. The second kappa shape index (κ2) is 7.94. The van der Waals surface area contributed by atoms with Crippen LogP contribution in [-0.4, -0.2) is 13.1 Å². The van der Waals surface area contributed by atoms with Crippen LogP contribution in [0.15, 0.2) is 78.9 Å². The zero-order chi connectivity index (χ0) is 40.0. The maximum Gasteiger partial charge on any atom is 0.305 e. The molecule has 3 unspecified atom stereocenters. The third-order valence-corrected chi connectivity index (χ3v) is 20.0. The van der Waals surface area contributed by atoms with Crippen molar-refractivity contribution in [3.63, 3.8) is 0 Å². The minimum atomic E-state index is -0.331. The molecule has 0 radical (unpaired) electrons. The smallest absolute Gasteiger partial charge is 0.305 e. The Bertz CT molecular complexity index is 4990. The van der Waals surface area contributed by atoms with Gasteiger partial charge in [0.05, 0.1) is 7.11 Å². The van der Waals surface area contributed by atoms with Gasteiger partial charge >= 0.3 is 5.97 Å². The average Bonchev–Trinajstić information content (AvgIpc) is 3.99. The van der Waals surface area contributed by atoms with E-state index >= 15 is 0 Å². The van der Waals surface area contributed by atoms with Gasteiger partial charge in [-0.25, -0.2) is 0 Å². The lowest BCUT2D eigenvalue weighted by molar-refractivity contribution is -0.140. The van der Waals surface area contributed by atoms with E-state index in [1.807, 2.05) is 0 Å². The number of methoxy groups -OCH3 is 1. The molecule has 0 N–H and O–H groups in total. The van der Waals surface area contributed by atoms with Crippen molar-refractivity contribution >= 4 is 141 Å². The largest absolute Gasteiger partial charge is 0.469 e. The minimum absolute atomic E-state index is 0.105. The zero-order valence-corrected chi connectivity index (χ0v) is 34.4. The Morgan fingerprint density at radius 2 is 1.11 bits per heavy atom. The Hall–Kier alpha value is -7.03. The molecule has 0 saturated heterocycles. The van der Waals surface area contributed by atoms with E-state index in [2.05, 4.69) is 91.9 Å². The lowest BCUT2D eigenvalue weighted by Crippen LogP contribution is -2.27. The summed E-state index contributed by atoms with van der Waals surface area (Å²) >= 11 is 0. The van der Waals surface area contributed by atoms with Crippen molar-refractivity contribution in [2.45, 2.75) is 55.3 Å². The van der Waals surface area contributed by atoms with Gasteiger partial charge in [-0.3, -0.25) is 4.79 Å². The molecule has 286 valence electrons. The summed E-state index contributed by atoms with van der Waals surface area (Å²) in [6.07, 6.45) is 9.04. The predicted octanol–water partition coefficient (Wildman–Crippen LogP) is 14.0. The van der Waals surface area contributed by atoms with Crippen molar-refractivity contribution in [1.82, 2.24) is 0 Å². The molecular weight excluding hydrogens is 765 g/mol. The van der Waals surface area contributed by atoms with Gasteiger partial charge in [0.2, 0.25) is 0 Å². The minimum Gasteiger partial charge on any atom is -0.469 e. The summed E-state index contributed by atoms with van der Waals surface area (Å²) in [5.74, 6) is -0.105. The van der Waals surface area contributed by atoms with Gasteiger partial charge in [0.1, 0.15) is 0 Å². The molecule has 7 aliphatic rings. The monoisotopic (exact) mass is 794 g/mol. The lowest BCUT2D eigenvalue weighted by Gasteiger charge is -2.32. The Labute approximate surface area is 356 Å². The van der Waals surface area contributed by atoms with Crippen molar-refractivity contribution in [2.24, 2.45) is 0 Å². The van der Waals surface area contributed by atoms with Crippen LogP contribution in [0.3, 0.4) is 0 Å². The van der Waals surface area contributed by atoms with Crippen molar-refractivity contribution < 1.29 is 9.53 Å². The summed E-state index contributed by atoms with van der Waals surface area (Å²) in [6.45, 7) is 2.49. The van der Waals surface area contributed by atoms with E-state index in [1.165, 1.54) is 108 Å². The number of fused-ring (bicyclic) bond motifs is 2. The van der Waals surface area contributed by atoms with Crippen molar-refractivity contribution in [2.75, 3.05) is 7.11 Å². The number of allylic oxidation sites excluding steroid dienone is 1. The summed E-state index contributed by atoms with van der Waals surface area (Å²) in [6, 6.07) is 29.9. The number of ether oxygens (including phenoxy) is 1. The van der Waals surface area contributed by atoms with Gasteiger partial charge in [-0.1, -0.05) is 72.8 Å². The van der Waals surface area contributed by atoms with Gasteiger partial charge in [0.25, 0.3) is 0 Å². The Kier molecular flexibility index (Phi) is 3.70. The highest BCUT2D eigenvalue weighted by Crippen LogP contribution is 2.94. The highest BCUT2D eigenvalue weighted by molar-refractivity contribution is 6.61. The van der Waals surface area contributed by atoms with Crippen molar-refractivity contribution in [3.8, 4) is 0 Å². The van der Waals surface area contributed by atoms with E-state index in [0.29, 0.717) is 6.42 Å². The molecule has 14 aromatic carbocycles. The molecule has 1 saturated carbocycles. The van der Waals surface area contributed by atoms with Crippen LogP contribution < -0.4 is 0 Å². The summed E-state index contributed by atoms with van der Waals surface area (Å²) in [5.41, 5.74) is 14.4. The van der Waals surface area contributed by atoms with Crippen LogP contribution in [0.2, 0.25) is 0 Å². The van der Waals surface area contributed by atoms with E-state index in [9.17, 15) is 4.79 Å². The zero-order valence-electron chi connectivity index (χ0n) is 34.4. The fourth-order valence-corrected chi connectivity index (χ4v) is 19.1. The van der Waals surface area contributed by atoms with Crippen LogP contribution in [0.4, 0.5) is 0 Å². The van der Waals surface area contributed by atoms with Gasteiger partial charge in [-0.2, -0.15) is 0 Å². The second-order valence-corrected chi connectivity index (χ2v) is 21.2. The maximum atomic E-state index is 13.2. The standard InChI is InChI=1S/C61H30O2/c1-22-35-24-9-6-8-23-18-25-19-26-21-33-29-14-16-31-30-15-13-28-32(20-24)40-44(35)49-45-36(22)37(23)46-38(25)39(26)47-41(33)52-43(29)56(31)60-55(30)42(28)51(40)57-53(49)54(50(47)48(45)46)58(52)61(57,60)59(60,17-7-12-34(62)63-2)27-10-4-3-5-11-27/h3-6,8,10-11,13-16,18,20-21H,7,9,12,17,19H2,1-2H3. The topological polar surface area (TPSA) is 26.3 Å². The molecule has 0 heterocycles. The van der Waals surface area contributed by atoms with E-state index in [-0.39, 0.29) is 22.2 Å². The SMILES string of the molecule is COC(=O)CCCC1(c2ccccc2)C23c4c5ccc6c7cc8c9c(C)c%10c%11c(cc%12c%13c%14c(cc%15c%16ccc=5c2c%16c2c5c%16c%17c(c(c46)c7c9c%17c%10c(c%13%11)c%16c%14c%152)C513)C%12)C=CC8. The number of hydrogen-bond donors (Lipinski definition) is 0. The molecule has 3 atom stereocenters. The van der Waals surface area contributed by atoms with Crippen LogP contribution in [0.5, 0.6) is 0 Å². The average molecular weight is 795 g/mol. The molecule has 2 spiro atoms. The predicted molar refractivity (Wildman–Crippen MR) is 257 cm³/mol. The summed E-state index contributed by atoms with van der Waals surface area (Å²) in [7, 11) is 1.56. The molecule has 2 nitrogen and oxygen atoms in total. The number of rotatable bonds is 5. The molecule has 14 aromatic rings. The fraction of sp³-hybridized carbons (Fsp3) is 0.164. The summed E-state index contributed by atoms with van der Waals surface area (Å²) < 4.78 is 5.41. The van der Waals surface area contributed by atoms with Gasteiger partial charge in [-0.05, 0) is 240 Å². The van der Waals surface area contributed by atoms with Crippen molar-refractivity contribution in [3.05, 3.63) is 145 Å². The van der Waals surface area contributed by atoms with Gasteiger partial charge < -0.3 is 4.74 Å². The number of carbonyl (C=O) groups excluding carboxylic acids is 1. The molecule has 1 fully saturated rings. The number of benzene rings is 11. The van der Waals surface area contributed by atoms with Crippen LogP contribution >= 0.6 is 0 Å². The number of aryl methyl sites for hydroxylation is 1. The van der Waals surface area contributed by atoms with Crippen LogP contribution in [0, 0.1) is 17.4 Å². The van der Waals surface area contributed by atoms with Gasteiger partial charge in [0.15, 0.2) is 0 Å². The summed E-state index contributed by atoms with van der Waals surface area (Å²) in [5, 5.41) is 39.6. The molecule has 21 rings (SSSR count). The summed E-state index contributed by atoms with van der Waals surface area (Å²) in [4.78, 5) is 13.2. The molecule has 63 heavy (non-hydrogen) atoms. The Morgan fingerprint density at radius 3 is 1.81 bits per heavy atom. The molecule has 0 amide bonds. The first-order valence-electron chi connectivity index (χ1n) is 23.3. The first-order valence-corrected chi connectivity index (χ1v) is 23.3. The third-order valence-electron chi connectivity index (χ3n) is 20.0. The van der Waals surface area contributed by atoms with E-state index in [4.69, 9.17) is 4.74 Å². The first kappa shape index (κ1) is 29.3. The molecule has 0 aliphatic heterocycles. The highest BCUT2D eigenvalue weighted by Gasteiger charge is 2.93. The van der Waals surface area contributed by atoms with E-state index < -0.39 is 0 Å². The number of hydrogen-bond acceptors (Lipinski definition) is 2. The van der Waals surface area contributed by atoms with Gasteiger partial charge in [-0.15, -0.1) is 0 Å². The Morgan fingerprint density at radius 1 is 0.540 bits per heavy atom. The fourth-order valence-electron chi connectivity index (χ4n) is 19.1. The molecule has 2 heteroatoms. The van der Waals surface area contributed by atoms with Crippen LogP contribution in [0.1, 0.15) is 74.9 Å². The first-order chi connectivity index (χ1) is 31.1. The van der Waals surface area contributed by atoms with E-state index in [1.54, 1.807) is 94.0 Å². The second-order valence-electron chi connectivity index (χ2n) is 21.2.